The molecule has 0 aliphatic carbocycles. The minimum absolute atomic E-state index is 0.0945. The number of ether oxygens (including phenoxy) is 3. The minimum Gasteiger partial charge on any atom is -0.491 e. The lowest BCUT2D eigenvalue weighted by Crippen LogP contribution is -2.43. The van der Waals surface area contributed by atoms with Crippen LogP contribution in [0.5, 0.6) is 11.5 Å². The van der Waals surface area contributed by atoms with Crippen LogP contribution in [0.1, 0.15) is 42.6 Å². The van der Waals surface area contributed by atoms with Crippen molar-refractivity contribution in [3.8, 4) is 11.5 Å². The first-order valence-corrected chi connectivity index (χ1v) is 12.7. The van der Waals surface area contributed by atoms with Crippen LogP contribution in [-0.2, 0) is 16.1 Å². The number of carbonyl (C=O) groups excluding carboxylic acids is 2. The van der Waals surface area contributed by atoms with Crippen LogP contribution in [0.3, 0.4) is 0 Å². The maximum absolute atomic E-state index is 14.9. The summed E-state index contributed by atoms with van der Waals surface area (Å²) >= 11 is 0. The molecule has 38 heavy (non-hydrogen) atoms. The van der Waals surface area contributed by atoms with Crippen molar-refractivity contribution < 1.29 is 32.6 Å². The number of methoxy groups -OCH3 is 1. The van der Waals surface area contributed by atoms with Crippen molar-refractivity contribution in [1.29, 1.82) is 0 Å². The van der Waals surface area contributed by atoms with Crippen LogP contribution < -0.4 is 25.0 Å². The van der Waals surface area contributed by atoms with Crippen LogP contribution in [0.25, 0.3) is 11.1 Å². The highest BCUT2D eigenvalue weighted by Crippen LogP contribution is 2.33. The van der Waals surface area contributed by atoms with E-state index in [4.69, 9.17) is 18.9 Å². The Hall–Kier alpha value is -3.86. The summed E-state index contributed by atoms with van der Waals surface area (Å²) in [6.45, 7) is 6.00. The summed E-state index contributed by atoms with van der Waals surface area (Å²) in [7, 11) is 1.25. The fourth-order valence-electron chi connectivity index (χ4n) is 4.47. The number of piperidine rings is 1. The molecular formula is C27H33FN4O6. The molecule has 0 unspecified atom stereocenters. The van der Waals surface area contributed by atoms with E-state index in [1.807, 2.05) is 4.90 Å². The van der Waals surface area contributed by atoms with Crippen molar-refractivity contribution >= 4 is 29.0 Å². The molecule has 3 aromatic rings. The number of benzene rings is 2. The maximum Gasteiger partial charge on any atom is 0.325 e. The van der Waals surface area contributed by atoms with Gasteiger partial charge in [0.25, 0.3) is 11.9 Å². The molecule has 2 heterocycles. The number of oxazole rings is 1. The lowest BCUT2D eigenvalue weighted by atomic mass is 10.0. The second-order valence-electron chi connectivity index (χ2n) is 8.79. The van der Waals surface area contributed by atoms with Crippen molar-refractivity contribution in [2.45, 2.75) is 39.3 Å². The molecule has 0 saturated carbocycles. The van der Waals surface area contributed by atoms with Gasteiger partial charge in [-0.2, -0.15) is 9.37 Å². The number of fused-ring (bicyclic) bond motifs is 1. The van der Waals surface area contributed by atoms with E-state index in [1.54, 1.807) is 44.2 Å². The van der Waals surface area contributed by atoms with Gasteiger partial charge in [-0.15, -0.1) is 0 Å². The number of para-hydroxylation sites is 1. The summed E-state index contributed by atoms with van der Waals surface area (Å²) in [6, 6.07) is 8.84. The first-order valence-electron chi connectivity index (χ1n) is 12.7. The molecule has 204 valence electrons. The topological polar surface area (TPSA) is 115 Å². The van der Waals surface area contributed by atoms with Crippen LogP contribution in [-0.4, -0.2) is 62.9 Å². The van der Waals surface area contributed by atoms with E-state index in [9.17, 15) is 14.0 Å². The highest BCUT2D eigenvalue weighted by Gasteiger charge is 2.27. The van der Waals surface area contributed by atoms with E-state index in [-0.39, 0.29) is 29.6 Å². The Kier molecular flexibility index (Phi) is 9.01. The van der Waals surface area contributed by atoms with Crippen LogP contribution in [0.4, 0.5) is 10.4 Å². The van der Waals surface area contributed by atoms with E-state index in [2.05, 4.69) is 15.4 Å². The SMILES string of the molecule is CCOc1cc(CN(c2nc3c(C(=O)NCC(=O)OC)cccc3o2)C2CCNCC2)cc(OCC)c1F. The van der Waals surface area contributed by atoms with E-state index in [0.29, 0.717) is 36.9 Å². The second-order valence-corrected chi connectivity index (χ2v) is 8.79. The van der Waals surface area contributed by atoms with Crippen LogP contribution in [0.15, 0.2) is 34.7 Å². The number of hydrogen-bond acceptors (Lipinski definition) is 9. The predicted octanol–water partition coefficient (Wildman–Crippen LogP) is 3.43. The second kappa shape index (κ2) is 12.6. The van der Waals surface area contributed by atoms with Gasteiger partial charge in [-0.25, -0.2) is 0 Å². The van der Waals surface area contributed by atoms with Gasteiger partial charge >= 0.3 is 5.97 Å². The van der Waals surface area contributed by atoms with Crippen molar-refractivity contribution in [3.63, 3.8) is 0 Å². The normalized spacial score (nSPS) is 13.8. The number of nitrogens with zero attached hydrogens (tertiary/aromatic N) is 2. The number of amides is 1. The van der Waals surface area contributed by atoms with Gasteiger partial charge in [-0.05, 0) is 69.6 Å². The van der Waals surface area contributed by atoms with Gasteiger partial charge in [0.15, 0.2) is 17.1 Å². The van der Waals surface area contributed by atoms with Gasteiger partial charge in [0, 0.05) is 12.6 Å². The van der Waals surface area contributed by atoms with Crippen LogP contribution in [0.2, 0.25) is 0 Å². The molecule has 1 amide bonds. The molecule has 10 nitrogen and oxygen atoms in total. The molecular weight excluding hydrogens is 495 g/mol. The Labute approximate surface area is 220 Å². The third-order valence-corrected chi connectivity index (χ3v) is 6.29. The number of nitrogens with one attached hydrogen (secondary N) is 2. The van der Waals surface area contributed by atoms with Gasteiger partial charge in [0.05, 0.1) is 25.9 Å². The number of hydrogen-bond donors (Lipinski definition) is 2. The molecule has 4 rings (SSSR count). The average molecular weight is 529 g/mol. The lowest BCUT2D eigenvalue weighted by Gasteiger charge is -2.33. The molecule has 1 aliphatic heterocycles. The van der Waals surface area contributed by atoms with Crippen LogP contribution >= 0.6 is 0 Å². The Balaban J connectivity index is 1.70. The van der Waals surface area contributed by atoms with Crippen molar-refractivity contribution in [3.05, 3.63) is 47.3 Å². The number of rotatable bonds is 11. The number of anilines is 1. The molecule has 1 fully saturated rings. The zero-order valence-electron chi connectivity index (χ0n) is 21.8. The smallest absolute Gasteiger partial charge is 0.325 e. The first kappa shape index (κ1) is 27.2. The van der Waals surface area contributed by atoms with Gasteiger partial charge in [-0.1, -0.05) is 6.07 Å². The van der Waals surface area contributed by atoms with Crippen LogP contribution in [0, 0.1) is 5.82 Å². The third-order valence-electron chi connectivity index (χ3n) is 6.29. The van der Waals surface area contributed by atoms with E-state index < -0.39 is 17.7 Å². The van der Waals surface area contributed by atoms with Gasteiger partial charge in [0.1, 0.15) is 12.1 Å². The number of aromatic nitrogens is 1. The number of halogens is 1. The Morgan fingerprint density at radius 2 is 1.84 bits per heavy atom. The highest BCUT2D eigenvalue weighted by molar-refractivity contribution is 6.05. The molecule has 2 aromatic carbocycles. The largest absolute Gasteiger partial charge is 0.491 e. The summed E-state index contributed by atoms with van der Waals surface area (Å²) < 4.78 is 36.7. The number of esters is 1. The molecule has 1 saturated heterocycles. The van der Waals surface area contributed by atoms with Gasteiger partial charge < -0.3 is 34.2 Å². The van der Waals surface area contributed by atoms with Crippen molar-refractivity contribution in [2.75, 3.05) is 44.9 Å². The fraction of sp³-hybridized carbons (Fsp3) is 0.444. The van der Waals surface area contributed by atoms with Crippen molar-refractivity contribution in [1.82, 2.24) is 15.6 Å². The zero-order valence-corrected chi connectivity index (χ0v) is 21.8. The number of carbonyl (C=O) groups is 2. The maximum atomic E-state index is 14.9. The standard InChI is InChI=1S/C27H33FN4O6/c1-4-36-21-13-17(14-22(24(21)28)37-5-2)16-32(18-9-11-29-12-10-18)27-31-25-19(7-6-8-20(25)38-27)26(34)30-15-23(33)35-3/h6-8,13-14,18,29H,4-5,9-12,15-16H2,1-3H3,(H,30,34). The Morgan fingerprint density at radius 3 is 2.47 bits per heavy atom. The van der Waals surface area contributed by atoms with E-state index in [1.165, 1.54) is 7.11 Å². The third kappa shape index (κ3) is 6.16. The summed E-state index contributed by atoms with van der Waals surface area (Å²) in [4.78, 5) is 31.0. The molecule has 1 aromatic heterocycles. The minimum atomic E-state index is -0.555. The molecule has 0 bridgehead atoms. The zero-order chi connectivity index (χ0) is 27.1. The summed E-state index contributed by atoms with van der Waals surface area (Å²) in [5, 5.41) is 5.91. The van der Waals surface area contributed by atoms with Gasteiger partial charge in [0.2, 0.25) is 5.82 Å². The van der Waals surface area contributed by atoms with Gasteiger partial charge in [-0.3, -0.25) is 9.59 Å². The quantitative estimate of drug-likeness (QED) is 0.361. The molecule has 0 atom stereocenters. The Morgan fingerprint density at radius 1 is 1.16 bits per heavy atom. The molecule has 11 heteroatoms. The predicted molar refractivity (Wildman–Crippen MR) is 139 cm³/mol. The monoisotopic (exact) mass is 528 g/mol. The molecule has 0 radical (unpaired) electrons. The highest BCUT2D eigenvalue weighted by atomic mass is 19.1. The van der Waals surface area contributed by atoms with E-state index >= 15 is 0 Å². The van der Waals surface area contributed by atoms with Crippen molar-refractivity contribution in [2.24, 2.45) is 0 Å². The Bertz CT molecular complexity index is 1250. The summed E-state index contributed by atoms with van der Waals surface area (Å²) in [6.07, 6.45) is 1.70. The summed E-state index contributed by atoms with van der Waals surface area (Å²) in [5.41, 5.74) is 1.88. The summed E-state index contributed by atoms with van der Waals surface area (Å²) in [5.74, 6) is -1.30. The molecule has 2 N–H and O–H groups in total. The van der Waals surface area contributed by atoms with E-state index in [0.717, 1.165) is 31.5 Å². The molecule has 1 aliphatic rings. The molecule has 0 spiro atoms. The fourth-order valence-corrected chi connectivity index (χ4v) is 4.47. The lowest BCUT2D eigenvalue weighted by molar-refractivity contribution is -0.139. The average Bonchev–Trinajstić information content (AvgIpc) is 3.37. The first-order chi connectivity index (χ1) is 18.4.